The van der Waals surface area contributed by atoms with Gasteiger partial charge in [-0.2, -0.15) is 5.26 Å². The summed E-state index contributed by atoms with van der Waals surface area (Å²) >= 11 is 6.49. The summed E-state index contributed by atoms with van der Waals surface area (Å²) in [5, 5.41) is 18.8. The van der Waals surface area contributed by atoms with E-state index in [1.54, 1.807) is 12.5 Å². The second-order valence-corrected chi connectivity index (χ2v) is 7.16. The quantitative estimate of drug-likeness (QED) is 0.480. The number of nitrogens with two attached hydrogens (primary N) is 1. The lowest BCUT2D eigenvalue weighted by atomic mass is 10.0. The molecule has 0 spiro atoms. The van der Waals surface area contributed by atoms with E-state index < -0.39 is 0 Å². The Bertz CT molecular complexity index is 1460. The molecule has 1 aromatic carbocycles. The van der Waals surface area contributed by atoms with Crippen molar-refractivity contribution >= 4 is 33.8 Å². The van der Waals surface area contributed by atoms with Crippen LogP contribution in [0.15, 0.2) is 55.4 Å². The van der Waals surface area contributed by atoms with E-state index in [2.05, 4.69) is 25.8 Å². The number of rotatable bonds is 2. The highest BCUT2D eigenvalue weighted by molar-refractivity contribution is 6.36. The van der Waals surface area contributed by atoms with Crippen LogP contribution in [0.1, 0.15) is 11.1 Å². The standard InChI is InChI=1S/C21H14ClN7/c1-12-4-19-15(5-13(12)6-23)17(16-7-25-8-18(24)21(16)22)10-29(19)14-2-3-20-27-26-11-28(20)9-14/h2-5,7-11H,24H2,1H3. The molecule has 140 valence electrons. The molecule has 0 amide bonds. The Labute approximate surface area is 170 Å². The van der Waals surface area contributed by atoms with Gasteiger partial charge in [-0.15, -0.1) is 10.2 Å². The van der Waals surface area contributed by atoms with E-state index in [9.17, 15) is 5.26 Å². The molecule has 5 rings (SSSR count). The number of hydrogen-bond donors (Lipinski definition) is 1. The molecule has 4 heterocycles. The first-order chi connectivity index (χ1) is 14.1. The molecular formula is C21H14ClN7. The smallest absolute Gasteiger partial charge is 0.160 e. The van der Waals surface area contributed by atoms with Gasteiger partial charge in [-0.25, -0.2) is 0 Å². The number of hydrogen-bond acceptors (Lipinski definition) is 5. The van der Waals surface area contributed by atoms with Gasteiger partial charge in [-0.05, 0) is 36.8 Å². The fraction of sp³-hybridized carbons (Fsp3) is 0.0476. The predicted molar refractivity (Wildman–Crippen MR) is 112 cm³/mol. The van der Waals surface area contributed by atoms with Crippen LogP contribution in [0, 0.1) is 18.3 Å². The zero-order valence-corrected chi connectivity index (χ0v) is 16.1. The summed E-state index contributed by atoms with van der Waals surface area (Å²) < 4.78 is 3.91. The number of nitrogen functional groups attached to an aromatic ring is 1. The molecule has 0 aliphatic heterocycles. The number of aromatic nitrogens is 5. The van der Waals surface area contributed by atoms with E-state index in [0.29, 0.717) is 21.8 Å². The summed E-state index contributed by atoms with van der Waals surface area (Å²) in [5.74, 6) is 0. The van der Waals surface area contributed by atoms with E-state index in [1.165, 1.54) is 6.20 Å². The highest BCUT2D eigenvalue weighted by Crippen LogP contribution is 2.38. The van der Waals surface area contributed by atoms with Gasteiger partial charge in [0.1, 0.15) is 6.33 Å². The van der Waals surface area contributed by atoms with Crippen LogP contribution in [0.2, 0.25) is 5.02 Å². The topological polar surface area (TPSA) is 97.8 Å². The van der Waals surface area contributed by atoms with Crippen LogP contribution in [0.25, 0.3) is 33.4 Å². The van der Waals surface area contributed by atoms with Gasteiger partial charge in [0.25, 0.3) is 0 Å². The number of halogens is 1. The number of fused-ring (bicyclic) bond motifs is 2. The third kappa shape index (κ3) is 2.62. The molecule has 8 heteroatoms. The maximum absolute atomic E-state index is 9.52. The van der Waals surface area contributed by atoms with Crippen molar-refractivity contribution in [2.24, 2.45) is 0 Å². The van der Waals surface area contributed by atoms with Crippen molar-refractivity contribution in [1.82, 2.24) is 24.1 Å². The molecule has 0 fully saturated rings. The summed E-state index contributed by atoms with van der Waals surface area (Å²) in [7, 11) is 0. The largest absolute Gasteiger partial charge is 0.396 e. The van der Waals surface area contributed by atoms with E-state index in [4.69, 9.17) is 17.3 Å². The Morgan fingerprint density at radius 2 is 2.00 bits per heavy atom. The third-order valence-electron chi connectivity index (χ3n) is 5.02. The zero-order valence-electron chi connectivity index (χ0n) is 15.3. The van der Waals surface area contributed by atoms with Gasteiger partial charge in [0, 0.05) is 35.1 Å². The van der Waals surface area contributed by atoms with E-state index in [-0.39, 0.29) is 0 Å². The summed E-state index contributed by atoms with van der Waals surface area (Å²) in [4.78, 5) is 4.20. The van der Waals surface area contributed by atoms with Crippen molar-refractivity contribution in [3.8, 4) is 22.9 Å². The summed E-state index contributed by atoms with van der Waals surface area (Å²) in [6.07, 6.45) is 8.80. The Morgan fingerprint density at radius 1 is 1.14 bits per heavy atom. The molecular weight excluding hydrogens is 386 g/mol. The van der Waals surface area contributed by atoms with Crippen molar-refractivity contribution in [2.75, 3.05) is 5.73 Å². The SMILES string of the molecule is Cc1cc2c(cc1C#N)c(-c1cncc(N)c1Cl)cn2-c1ccc2nncn2c1. The summed E-state index contributed by atoms with van der Waals surface area (Å²) in [6.45, 7) is 1.92. The number of anilines is 1. The van der Waals surface area contributed by atoms with Crippen LogP contribution >= 0.6 is 11.6 Å². The van der Waals surface area contributed by atoms with Crippen LogP contribution in [-0.4, -0.2) is 24.1 Å². The molecule has 0 saturated heterocycles. The van der Waals surface area contributed by atoms with Gasteiger partial charge in [-0.3, -0.25) is 9.38 Å². The monoisotopic (exact) mass is 399 g/mol. The normalized spacial score (nSPS) is 11.2. The lowest BCUT2D eigenvalue weighted by Gasteiger charge is -2.07. The van der Waals surface area contributed by atoms with E-state index >= 15 is 0 Å². The maximum atomic E-state index is 9.52. The zero-order chi connectivity index (χ0) is 20.1. The second kappa shape index (κ2) is 6.33. The minimum atomic E-state index is 0.406. The molecule has 0 aliphatic carbocycles. The summed E-state index contributed by atoms with van der Waals surface area (Å²) in [5.41, 5.74) is 12.1. The number of pyridine rings is 2. The van der Waals surface area contributed by atoms with Crippen LogP contribution in [0.3, 0.4) is 0 Å². The van der Waals surface area contributed by atoms with Crippen molar-refractivity contribution in [1.29, 1.82) is 5.26 Å². The maximum Gasteiger partial charge on any atom is 0.160 e. The van der Waals surface area contributed by atoms with Gasteiger partial charge in [-0.1, -0.05) is 11.6 Å². The average molecular weight is 400 g/mol. The van der Waals surface area contributed by atoms with Crippen molar-refractivity contribution in [2.45, 2.75) is 6.92 Å². The van der Waals surface area contributed by atoms with E-state index in [0.717, 1.165) is 33.4 Å². The lowest BCUT2D eigenvalue weighted by Crippen LogP contribution is -1.95. The molecule has 0 unspecified atom stereocenters. The van der Waals surface area contributed by atoms with E-state index in [1.807, 2.05) is 48.0 Å². The van der Waals surface area contributed by atoms with Crippen LogP contribution in [-0.2, 0) is 0 Å². The highest BCUT2D eigenvalue weighted by Gasteiger charge is 2.17. The third-order valence-corrected chi connectivity index (χ3v) is 5.44. The molecule has 0 saturated carbocycles. The highest BCUT2D eigenvalue weighted by atomic mass is 35.5. The van der Waals surface area contributed by atoms with Crippen molar-refractivity contribution < 1.29 is 0 Å². The van der Waals surface area contributed by atoms with Gasteiger partial charge >= 0.3 is 0 Å². The van der Waals surface area contributed by atoms with Gasteiger partial charge < -0.3 is 10.3 Å². The molecule has 0 radical (unpaired) electrons. The number of benzene rings is 1. The molecule has 0 bridgehead atoms. The molecule has 5 aromatic rings. The number of nitriles is 1. The van der Waals surface area contributed by atoms with Crippen molar-refractivity contribution in [3.05, 3.63) is 71.5 Å². The lowest BCUT2D eigenvalue weighted by molar-refractivity contribution is 1.06. The number of nitrogens with zero attached hydrogens (tertiary/aromatic N) is 6. The van der Waals surface area contributed by atoms with Gasteiger partial charge in [0.05, 0.1) is 39.7 Å². The van der Waals surface area contributed by atoms with Crippen LogP contribution < -0.4 is 5.73 Å². The van der Waals surface area contributed by atoms with Crippen LogP contribution in [0.4, 0.5) is 5.69 Å². The first-order valence-electron chi connectivity index (χ1n) is 8.81. The first kappa shape index (κ1) is 17.2. The Morgan fingerprint density at radius 3 is 2.83 bits per heavy atom. The predicted octanol–water partition coefficient (Wildman–Crippen LogP) is 4.15. The molecule has 2 N–H and O–H groups in total. The minimum absolute atomic E-state index is 0.406. The first-order valence-corrected chi connectivity index (χ1v) is 9.19. The fourth-order valence-corrected chi connectivity index (χ4v) is 3.73. The Balaban J connectivity index is 1.86. The molecule has 7 nitrogen and oxygen atoms in total. The van der Waals surface area contributed by atoms with Gasteiger partial charge in [0.15, 0.2) is 5.65 Å². The molecule has 0 atom stereocenters. The average Bonchev–Trinajstić information content (AvgIpc) is 3.33. The van der Waals surface area contributed by atoms with Crippen LogP contribution in [0.5, 0.6) is 0 Å². The Hall–Kier alpha value is -3.89. The number of aryl methyl sites for hydroxylation is 1. The fourth-order valence-electron chi connectivity index (χ4n) is 3.53. The van der Waals surface area contributed by atoms with Gasteiger partial charge in [0.2, 0.25) is 0 Å². The molecule has 29 heavy (non-hydrogen) atoms. The molecule has 0 aliphatic rings. The molecule has 4 aromatic heterocycles. The summed E-state index contributed by atoms with van der Waals surface area (Å²) in [6, 6.07) is 10.0. The minimum Gasteiger partial charge on any atom is -0.396 e. The Kier molecular flexibility index (Phi) is 3.76. The second-order valence-electron chi connectivity index (χ2n) is 6.78. The van der Waals surface area contributed by atoms with Crippen molar-refractivity contribution in [3.63, 3.8) is 0 Å².